The van der Waals surface area contributed by atoms with E-state index in [1.807, 2.05) is 47.8 Å². The average Bonchev–Trinajstić information content (AvgIpc) is 3.07. The number of H-pyrrole nitrogens is 1. The molecule has 1 aromatic carbocycles. The van der Waals surface area contributed by atoms with E-state index in [0.29, 0.717) is 17.8 Å². The Bertz CT molecular complexity index is 788. The SMILES string of the molecule is COc1ccc(-c2cc(C(=O)N[C@H]3CC[C@H]3NC3CSCCSC3)[nH]n2)cc1. The molecular formula is C20H26N4O2S2. The van der Waals surface area contributed by atoms with Gasteiger partial charge < -0.3 is 15.4 Å². The molecule has 4 rings (SSSR count). The molecule has 8 heteroatoms. The molecule has 3 N–H and O–H groups in total. The number of thioether (sulfide) groups is 2. The zero-order valence-electron chi connectivity index (χ0n) is 15.9. The summed E-state index contributed by atoms with van der Waals surface area (Å²) in [6.07, 6.45) is 2.15. The molecule has 6 nitrogen and oxygen atoms in total. The molecule has 2 atom stereocenters. The van der Waals surface area contributed by atoms with Crippen LogP contribution in [-0.2, 0) is 0 Å². The fourth-order valence-corrected chi connectivity index (χ4v) is 5.90. The largest absolute Gasteiger partial charge is 0.497 e. The van der Waals surface area contributed by atoms with Crippen LogP contribution in [-0.4, -0.2) is 64.4 Å². The number of nitrogens with zero attached hydrogens (tertiary/aromatic N) is 1. The molecule has 2 aliphatic rings. The maximum Gasteiger partial charge on any atom is 0.269 e. The summed E-state index contributed by atoms with van der Waals surface area (Å²) in [4.78, 5) is 12.6. The lowest BCUT2D eigenvalue weighted by Gasteiger charge is -2.39. The summed E-state index contributed by atoms with van der Waals surface area (Å²) >= 11 is 4.05. The van der Waals surface area contributed by atoms with Crippen LogP contribution in [0.5, 0.6) is 5.75 Å². The molecule has 1 amide bonds. The fourth-order valence-electron chi connectivity index (χ4n) is 3.48. The molecule has 28 heavy (non-hydrogen) atoms. The Hall–Kier alpha value is -1.64. The lowest BCUT2D eigenvalue weighted by Crippen LogP contribution is -2.59. The smallest absolute Gasteiger partial charge is 0.269 e. The molecule has 150 valence electrons. The van der Waals surface area contributed by atoms with Crippen molar-refractivity contribution in [2.75, 3.05) is 30.1 Å². The van der Waals surface area contributed by atoms with Gasteiger partial charge in [-0.2, -0.15) is 28.6 Å². The monoisotopic (exact) mass is 418 g/mol. The topological polar surface area (TPSA) is 79.0 Å². The minimum atomic E-state index is -0.0895. The van der Waals surface area contributed by atoms with Crippen molar-refractivity contribution in [3.8, 4) is 17.0 Å². The maximum atomic E-state index is 12.6. The van der Waals surface area contributed by atoms with Crippen LogP contribution in [0.25, 0.3) is 11.3 Å². The fraction of sp³-hybridized carbons (Fsp3) is 0.500. The predicted octanol–water partition coefficient (Wildman–Crippen LogP) is 2.78. The van der Waals surface area contributed by atoms with Gasteiger partial charge in [-0.25, -0.2) is 0 Å². The van der Waals surface area contributed by atoms with Gasteiger partial charge in [-0.05, 0) is 43.2 Å². The number of amides is 1. The molecule has 0 radical (unpaired) electrons. The molecule has 0 bridgehead atoms. The summed E-state index contributed by atoms with van der Waals surface area (Å²) in [6, 6.07) is 10.6. The highest BCUT2D eigenvalue weighted by Gasteiger charge is 2.34. The minimum Gasteiger partial charge on any atom is -0.497 e. The van der Waals surface area contributed by atoms with Crippen LogP contribution >= 0.6 is 23.5 Å². The second-order valence-corrected chi connectivity index (χ2v) is 9.47. The highest BCUT2D eigenvalue weighted by Crippen LogP contribution is 2.25. The average molecular weight is 419 g/mol. The molecular weight excluding hydrogens is 392 g/mol. The zero-order chi connectivity index (χ0) is 19.3. The van der Waals surface area contributed by atoms with Crippen molar-refractivity contribution in [2.24, 2.45) is 0 Å². The van der Waals surface area contributed by atoms with Gasteiger partial charge in [0.25, 0.3) is 5.91 Å². The normalized spacial score (nSPS) is 22.9. The first-order valence-electron chi connectivity index (χ1n) is 9.65. The molecule has 1 saturated carbocycles. The number of hydrogen-bond acceptors (Lipinski definition) is 6. The number of carbonyl (C=O) groups excluding carboxylic acids is 1. The van der Waals surface area contributed by atoms with Gasteiger partial charge in [0, 0.05) is 46.7 Å². The Morgan fingerprint density at radius 3 is 2.50 bits per heavy atom. The van der Waals surface area contributed by atoms with E-state index in [9.17, 15) is 4.79 Å². The molecule has 2 fully saturated rings. The van der Waals surface area contributed by atoms with Gasteiger partial charge in [0.2, 0.25) is 0 Å². The van der Waals surface area contributed by atoms with E-state index in [4.69, 9.17) is 4.74 Å². The first kappa shape index (κ1) is 19.7. The number of benzene rings is 1. The van der Waals surface area contributed by atoms with Crippen molar-refractivity contribution in [3.63, 3.8) is 0 Å². The molecule has 1 aliphatic carbocycles. The van der Waals surface area contributed by atoms with Crippen molar-refractivity contribution in [1.29, 1.82) is 0 Å². The van der Waals surface area contributed by atoms with Crippen LogP contribution in [0.2, 0.25) is 0 Å². The number of hydrogen-bond donors (Lipinski definition) is 3. The Morgan fingerprint density at radius 1 is 1.14 bits per heavy atom. The lowest BCUT2D eigenvalue weighted by atomic mass is 9.85. The molecule has 2 heterocycles. The van der Waals surface area contributed by atoms with Gasteiger partial charge in [-0.1, -0.05) is 0 Å². The van der Waals surface area contributed by atoms with Gasteiger partial charge in [-0.3, -0.25) is 9.89 Å². The highest BCUT2D eigenvalue weighted by atomic mass is 32.2. The van der Waals surface area contributed by atoms with Gasteiger partial charge >= 0.3 is 0 Å². The minimum absolute atomic E-state index is 0.0895. The van der Waals surface area contributed by atoms with Gasteiger partial charge in [0.1, 0.15) is 11.4 Å². The van der Waals surface area contributed by atoms with Crippen molar-refractivity contribution in [1.82, 2.24) is 20.8 Å². The summed E-state index contributed by atoms with van der Waals surface area (Å²) in [6.45, 7) is 0. The summed E-state index contributed by atoms with van der Waals surface area (Å²) in [5, 5.41) is 14.1. The quantitative estimate of drug-likeness (QED) is 0.670. The predicted molar refractivity (Wildman–Crippen MR) is 116 cm³/mol. The second-order valence-electron chi connectivity index (χ2n) is 7.17. The summed E-state index contributed by atoms with van der Waals surface area (Å²) in [7, 11) is 1.64. The van der Waals surface area contributed by atoms with E-state index in [2.05, 4.69) is 20.8 Å². The molecule has 1 aliphatic heterocycles. The van der Waals surface area contributed by atoms with E-state index in [0.717, 1.165) is 41.4 Å². The van der Waals surface area contributed by atoms with Crippen LogP contribution in [0.15, 0.2) is 30.3 Å². The Labute approximate surface area is 174 Å². The summed E-state index contributed by atoms with van der Waals surface area (Å²) in [5.41, 5.74) is 2.20. The highest BCUT2D eigenvalue weighted by molar-refractivity contribution is 8.03. The van der Waals surface area contributed by atoms with E-state index >= 15 is 0 Å². The third-order valence-corrected chi connectivity index (χ3v) is 7.78. The first-order chi connectivity index (χ1) is 13.7. The van der Waals surface area contributed by atoms with Crippen molar-refractivity contribution < 1.29 is 9.53 Å². The molecule has 0 unspecified atom stereocenters. The van der Waals surface area contributed by atoms with E-state index in [-0.39, 0.29) is 11.9 Å². The lowest BCUT2D eigenvalue weighted by molar-refractivity contribution is 0.0886. The molecule has 2 aromatic rings. The number of carbonyl (C=O) groups is 1. The number of aromatic amines is 1. The third kappa shape index (κ3) is 4.67. The standard InChI is InChI=1S/C20H26N4O2S2/c1-26-15-4-2-13(3-5-15)18-10-19(24-23-18)20(25)22-17-7-6-16(17)21-14-11-27-8-9-28-12-14/h2-5,10,14,16-17,21H,6-9,11-12H2,1H3,(H,22,25)(H,23,24)/t16-,17+/m1/s1. The van der Waals surface area contributed by atoms with Crippen molar-refractivity contribution in [2.45, 2.75) is 31.0 Å². The number of rotatable bonds is 6. The van der Waals surface area contributed by atoms with E-state index in [1.165, 1.54) is 11.5 Å². The maximum absolute atomic E-state index is 12.6. The van der Waals surface area contributed by atoms with Gasteiger partial charge in [0.05, 0.1) is 12.8 Å². The van der Waals surface area contributed by atoms with Crippen LogP contribution < -0.4 is 15.4 Å². The van der Waals surface area contributed by atoms with E-state index < -0.39 is 0 Å². The number of aromatic nitrogens is 2. The number of nitrogens with one attached hydrogen (secondary N) is 3. The summed E-state index contributed by atoms with van der Waals surface area (Å²) in [5.74, 6) is 5.51. The van der Waals surface area contributed by atoms with Gasteiger partial charge in [0.15, 0.2) is 0 Å². The molecule has 1 saturated heterocycles. The van der Waals surface area contributed by atoms with E-state index in [1.54, 1.807) is 13.2 Å². The van der Waals surface area contributed by atoms with Crippen LogP contribution in [0.4, 0.5) is 0 Å². The Kier molecular flexibility index (Phi) is 6.49. The Morgan fingerprint density at radius 2 is 1.86 bits per heavy atom. The number of methoxy groups -OCH3 is 1. The van der Waals surface area contributed by atoms with Crippen molar-refractivity contribution in [3.05, 3.63) is 36.0 Å². The van der Waals surface area contributed by atoms with Crippen LogP contribution in [0.3, 0.4) is 0 Å². The molecule has 0 spiro atoms. The number of ether oxygens (including phenoxy) is 1. The van der Waals surface area contributed by atoms with Crippen LogP contribution in [0, 0.1) is 0 Å². The molecule has 1 aromatic heterocycles. The summed E-state index contributed by atoms with van der Waals surface area (Å²) < 4.78 is 5.18. The van der Waals surface area contributed by atoms with Crippen molar-refractivity contribution >= 4 is 29.4 Å². The first-order valence-corrected chi connectivity index (χ1v) is 12.0. The Balaban J connectivity index is 1.32. The third-order valence-electron chi connectivity index (χ3n) is 5.26. The zero-order valence-corrected chi connectivity index (χ0v) is 17.6. The van der Waals surface area contributed by atoms with Crippen LogP contribution in [0.1, 0.15) is 23.3 Å². The second kappa shape index (κ2) is 9.24. The van der Waals surface area contributed by atoms with Gasteiger partial charge in [-0.15, -0.1) is 0 Å².